The van der Waals surface area contributed by atoms with Crippen LogP contribution in [0.1, 0.15) is 35.6 Å². The van der Waals surface area contributed by atoms with Crippen LogP contribution in [0.25, 0.3) is 11.4 Å². The second kappa shape index (κ2) is 4.60. The Balaban J connectivity index is 2.14. The normalized spacial score (nSPS) is 14.7. The van der Waals surface area contributed by atoms with E-state index in [1.54, 1.807) is 0 Å². The molecule has 1 heterocycles. The van der Waals surface area contributed by atoms with E-state index in [4.69, 9.17) is 10.7 Å². The average Bonchev–Trinajstić information content (AvgIpc) is 3.17. The lowest BCUT2D eigenvalue weighted by Crippen LogP contribution is -2.03. The minimum Gasteiger partial charge on any atom is -0.383 e. The number of benzene rings is 1. The van der Waals surface area contributed by atoms with Gasteiger partial charge in [0.15, 0.2) is 5.82 Å². The molecule has 2 aromatic rings. The predicted molar refractivity (Wildman–Crippen MR) is 81.0 cm³/mol. The third-order valence-electron chi connectivity index (χ3n) is 3.49. The standard InChI is InChI=1S/C15H16BrN3/c1-8-3-6-11(9(2)7-8)15-18-13(10-4-5-10)12(16)14(17)19-15/h3,6-7,10H,4-5H2,1-2H3,(H2,17,18,19). The van der Waals surface area contributed by atoms with Gasteiger partial charge in [0, 0.05) is 11.5 Å². The van der Waals surface area contributed by atoms with Crippen LogP contribution >= 0.6 is 15.9 Å². The van der Waals surface area contributed by atoms with Crippen LogP contribution < -0.4 is 5.73 Å². The molecule has 0 bridgehead atoms. The molecule has 2 N–H and O–H groups in total. The van der Waals surface area contributed by atoms with Gasteiger partial charge in [-0.2, -0.15) is 0 Å². The number of nitrogen functional groups attached to an aromatic ring is 1. The SMILES string of the molecule is Cc1ccc(-c2nc(N)c(Br)c(C3CC3)n2)c(C)c1. The highest BCUT2D eigenvalue weighted by atomic mass is 79.9. The fourth-order valence-electron chi connectivity index (χ4n) is 2.29. The monoisotopic (exact) mass is 317 g/mol. The molecule has 3 rings (SSSR count). The van der Waals surface area contributed by atoms with Crippen molar-refractivity contribution in [3.8, 4) is 11.4 Å². The highest BCUT2D eigenvalue weighted by molar-refractivity contribution is 9.10. The Morgan fingerprint density at radius 1 is 1.21 bits per heavy atom. The maximum absolute atomic E-state index is 6.01. The Morgan fingerprint density at radius 3 is 2.58 bits per heavy atom. The number of rotatable bonds is 2. The maximum atomic E-state index is 6.01. The molecule has 19 heavy (non-hydrogen) atoms. The molecule has 1 fully saturated rings. The number of aryl methyl sites for hydroxylation is 2. The molecular formula is C15H16BrN3. The maximum Gasteiger partial charge on any atom is 0.162 e. The third-order valence-corrected chi connectivity index (χ3v) is 4.30. The van der Waals surface area contributed by atoms with Gasteiger partial charge in [-0.05, 0) is 48.2 Å². The zero-order chi connectivity index (χ0) is 13.6. The molecule has 0 amide bonds. The molecule has 0 aliphatic heterocycles. The number of aromatic nitrogens is 2. The molecule has 98 valence electrons. The van der Waals surface area contributed by atoms with Gasteiger partial charge >= 0.3 is 0 Å². The summed E-state index contributed by atoms with van der Waals surface area (Å²) in [6.45, 7) is 4.17. The third kappa shape index (κ3) is 2.37. The predicted octanol–water partition coefficient (Wildman–Crippen LogP) is 3.98. The Labute approximate surface area is 121 Å². The molecular weight excluding hydrogens is 302 g/mol. The number of nitrogens with zero attached hydrogens (tertiary/aromatic N) is 2. The van der Waals surface area contributed by atoms with Crippen molar-refractivity contribution in [2.45, 2.75) is 32.6 Å². The first kappa shape index (κ1) is 12.6. The van der Waals surface area contributed by atoms with Crippen LogP contribution in [0, 0.1) is 13.8 Å². The van der Waals surface area contributed by atoms with Crippen LogP contribution in [-0.2, 0) is 0 Å². The average molecular weight is 318 g/mol. The lowest BCUT2D eigenvalue weighted by molar-refractivity contribution is 0.983. The summed E-state index contributed by atoms with van der Waals surface area (Å²) in [6.07, 6.45) is 2.39. The zero-order valence-corrected chi connectivity index (χ0v) is 12.7. The van der Waals surface area contributed by atoms with E-state index in [0.29, 0.717) is 11.7 Å². The smallest absolute Gasteiger partial charge is 0.162 e. The van der Waals surface area contributed by atoms with Gasteiger partial charge in [0.2, 0.25) is 0 Å². The number of anilines is 1. The van der Waals surface area contributed by atoms with Crippen molar-refractivity contribution >= 4 is 21.7 Å². The summed E-state index contributed by atoms with van der Waals surface area (Å²) in [4.78, 5) is 9.14. The summed E-state index contributed by atoms with van der Waals surface area (Å²) in [5.74, 6) is 1.82. The molecule has 0 spiro atoms. The van der Waals surface area contributed by atoms with Crippen LogP contribution in [0.2, 0.25) is 0 Å². The van der Waals surface area contributed by atoms with Crippen molar-refractivity contribution in [2.24, 2.45) is 0 Å². The second-order valence-electron chi connectivity index (χ2n) is 5.22. The van der Waals surface area contributed by atoms with Crippen molar-refractivity contribution in [3.05, 3.63) is 39.5 Å². The summed E-state index contributed by atoms with van der Waals surface area (Å²) < 4.78 is 0.864. The molecule has 1 aromatic heterocycles. The van der Waals surface area contributed by atoms with E-state index >= 15 is 0 Å². The van der Waals surface area contributed by atoms with Crippen molar-refractivity contribution in [1.29, 1.82) is 0 Å². The van der Waals surface area contributed by atoms with Crippen LogP contribution in [0.3, 0.4) is 0 Å². The molecule has 3 nitrogen and oxygen atoms in total. The van der Waals surface area contributed by atoms with E-state index in [-0.39, 0.29) is 0 Å². The lowest BCUT2D eigenvalue weighted by Gasteiger charge is -2.10. The van der Waals surface area contributed by atoms with E-state index in [2.05, 4.69) is 53.0 Å². The van der Waals surface area contributed by atoms with Crippen LogP contribution in [0.15, 0.2) is 22.7 Å². The van der Waals surface area contributed by atoms with Gasteiger partial charge in [0.05, 0.1) is 10.2 Å². The lowest BCUT2D eigenvalue weighted by atomic mass is 10.0. The van der Waals surface area contributed by atoms with Gasteiger partial charge < -0.3 is 5.73 Å². The van der Waals surface area contributed by atoms with E-state index in [1.807, 2.05) is 0 Å². The summed E-state index contributed by atoms with van der Waals surface area (Å²) >= 11 is 3.51. The van der Waals surface area contributed by atoms with Crippen molar-refractivity contribution in [3.63, 3.8) is 0 Å². The number of halogens is 1. The topological polar surface area (TPSA) is 51.8 Å². The van der Waals surface area contributed by atoms with E-state index in [0.717, 1.165) is 21.6 Å². The molecule has 4 heteroatoms. The Hall–Kier alpha value is -1.42. The molecule has 0 saturated heterocycles. The molecule has 0 unspecified atom stereocenters. The molecule has 1 aliphatic rings. The van der Waals surface area contributed by atoms with E-state index < -0.39 is 0 Å². The second-order valence-corrected chi connectivity index (χ2v) is 6.02. The van der Waals surface area contributed by atoms with Crippen LogP contribution in [-0.4, -0.2) is 9.97 Å². The minimum absolute atomic E-state index is 0.534. The van der Waals surface area contributed by atoms with Gasteiger partial charge in [-0.25, -0.2) is 9.97 Å². The van der Waals surface area contributed by atoms with E-state index in [9.17, 15) is 0 Å². The Morgan fingerprint density at radius 2 is 1.95 bits per heavy atom. The molecule has 1 saturated carbocycles. The summed E-state index contributed by atoms with van der Waals surface area (Å²) in [7, 11) is 0. The molecule has 0 atom stereocenters. The summed E-state index contributed by atoms with van der Waals surface area (Å²) in [5.41, 5.74) is 10.6. The Kier molecular flexibility index (Phi) is 3.05. The first-order valence-corrected chi connectivity index (χ1v) is 7.26. The summed E-state index contributed by atoms with van der Waals surface area (Å²) in [5, 5.41) is 0. The number of hydrogen-bond donors (Lipinski definition) is 1. The van der Waals surface area contributed by atoms with Gasteiger partial charge in [0.1, 0.15) is 5.82 Å². The highest BCUT2D eigenvalue weighted by Crippen LogP contribution is 2.44. The van der Waals surface area contributed by atoms with Gasteiger partial charge in [0.25, 0.3) is 0 Å². The minimum atomic E-state index is 0.534. The highest BCUT2D eigenvalue weighted by Gasteiger charge is 2.29. The van der Waals surface area contributed by atoms with Crippen molar-refractivity contribution < 1.29 is 0 Å². The van der Waals surface area contributed by atoms with Crippen molar-refractivity contribution in [1.82, 2.24) is 9.97 Å². The van der Waals surface area contributed by atoms with Gasteiger partial charge in [-0.1, -0.05) is 23.8 Å². The van der Waals surface area contributed by atoms with Crippen molar-refractivity contribution in [2.75, 3.05) is 5.73 Å². The summed E-state index contributed by atoms with van der Waals surface area (Å²) in [6, 6.07) is 6.30. The molecule has 1 aromatic carbocycles. The van der Waals surface area contributed by atoms with Crippen LogP contribution in [0.4, 0.5) is 5.82 Å². The fraction of sp³-hybridized carbons (Fsp3) is 0.333. The molecule has 0 radical (unpaired) electrons. The quantitative estimate of drug-likeness (QED) is 0.911. The van der Waals surface area contributed by atoms with Gasteiger partial charge in [-0.15, -0.1) is 0 Å². The zero-order valence-electron chi connectivity index (χ0n) is 11.1. The Bertz CT molecular complexity index is 648. The first-order valence-electron chi connectivity index (χ1n) is 6.47. The van der Waals surface area contributed by atoms with Crippen LogP contribution in [0.5, 0.6) is 0 Å². The fourth-order valence-corrected chi connectivity index (χ4v) is 2.80. The number of hydrogen-bond acceptors (Lipinski definition) is 3. The van der Waals surface area contributed by atoms with Gasteiger partial charge in [-0.3, -0.25) is 0 Å². The largest absolute Gasteiger partial charge is 0.383 e. The first-order chi connectivity index (χ1) is 9.06. The molecule has 1 aliphatic carbocycles. The van der Waals surface area contributed by atoms with E-state index in [1.165, 1.54) is 24.0 Å². The number of nitrogens with two attached hydrogens (primary N) is 1.